The minimum absolute atomic E-state index is 0.0629. The van der Waals surface area contributed by atoms with Gasteiger partial charge >= 0.3 is 0 Å². The van der Waals surface area contributed by atoms with Crippen LogP contribution in [0.15, 0.2) is 46.9 Å². The van der Waals surface area contributed by atoms with Gasteiger partial charge in [0.1, 0.15) is 11.3 Å². The summed E-state index contributed by atoms with van der Waals surface area (Å²) in [7, 11) is 0. The molecule has 112 valence electrons. The smallest absolute Gasteiger partial charge is 0.262 e. The zero-order chi connectivity index (χ0) is 15.5. The Kier molecular flexibility index (Phi) is 3.78. The van der Waals surface area contributed by atoms with Crippen molar-refractivity contribution in [3.05, 3.63) is 53.9 Å². The van der Waals surface area contributed by atoms with Crippen LogP contribution >= 0.6 is 0 Å². The van der Waals surface area contributed by atoms with Crippen molar-refractivity contribution in [1.82, 2.24) is 4.98 Å². The molecule has 0 saturated carbocycles. The molecule has 0 radical (unpaired) electrons. The van der Waals surface area contributed by atoms with E-state index in [1.165, 1.54) is 0 Å². The van der Waals surface area contributed by atoms with Crippen molar-refractivity contribution in [2.24, 2.45) is 0 Å². The lowest BCUT2D eigenvalue weighted by Gasteiger charge is -2.07. The largest absolute Gasteiger partial charge is 0.484 e. The van der Waals surface area contributed by atoms with Gasteiger partial charge in [-0.1, -0.05) is 23.8 Å². The van der Waals surface area contributed by atoms with E-state index >= 15 is 0 Å². The molecule has 0 aliphatic carbocycles. The average molecular weight is 296 g/mol. The topological polar surface area (TPSA) is 64.4 Å². The zero-order valence-electron chi connectivity index (χ0n) is 12.4. The number of carbonyl (C=O) groups excluding carboxylic acids is 1. The summed E-state index contributed by atoms with van der Waals surface area (Å²) in [4.78, 5) is 16.2. The van der Waals surface area contributed by atoms with E-state index in [1.54, 1.807) is 13.0 Å². The Labute approximate surface area is 127 Å². The van der Waals surface area contributed by atoms with Crippen LogP contribution in [-0.4, -0.2) is 17.5 Å². The molecule has 0 aliphatic heterocycles. The number of rotatable bonds is 4. The first-order valence-electron chi connectivity index (χ1n) is 6.97. The molecule has 2 aromatic carbocycles. The van der Waals surface area contributed by atoms with Crippen LogP contribution in [0.3, 0.4) is 0 Å². The van der Waals surface area contributed by atoms with Crippen LogP contribution in [0.4, 0.5) is 5.69 Å². The SMILES string of the molecule is Cc1ccc(OCC(=O)Nc2cccc3nc(C)oc23)cc1. The van der Waals surface area contributed by atoms with Crippen LogP contribution in [0.25, 0.3) is 11.1 Å². The monoisotopic (exact) mass is 296 g/mol. The molecule has 1 heterocycles. The number of aromatic nitrogens is 1. The lowest BCUT2D eigenvalue weighted by atomic mass is 10.2. The second-order valence-electron chi connectivity index (χ2n) is 5.04. The molecule has 3 rings (SSSR count). The third-order valence-corrected chi connectivity index (χ3v) is 3.19. The molecule has 1 amide bonds. The molecular formula is C17H16N2O3. The number of hydrogen-bond donors (Lipinski definition) is 1. The van der Waals surface area contributed by atoms with Crippen molar-refractivity contribution in [3.63, 3.8) is 0 Å². The van der Waals surface area contributed by atoms with Crippen LogP contribution in [0.2, 0.25) is 0 Å². The number of oxazole rings is 1. The van der Waals surface area contributed by atoms with E-state index < -0.39 is 0 Å². The lowest BCUT2D eigenvalue weighted by Crippen LogP contribution is -2.20. The maximum Gasteiger partial charge on any atom is 0.262 e. The molecule has 0 unspecified atom stereocenters. The fraction of sp³-hybridized carbons (Fsp3) is 0.176. The number of hydrogen-bond acceptors (Lipinski definition) is 4. The van der Waals surface area contributed by atoms with Crippen molar-refractivity contribution in [1.29, 1.82) is 0 Å². The Morgan fingerprint density at radius 2 is 1.95 bits per heavy atom. The van der Waals surface area contributed by atoms with Crippen molar-refractivity contribution in [2.45, 2.75) is 13.8 Å². The summed E-state index contributed by atoms with van der Waals surface area (Å²) in [5.41, 5.74) is 3.03. The van der Waals surface area contributed by atoms with E-state index in [9.17, 15) is 4.79 Å². The Morgan fingerprint density at radius 1 is 1.18 bits per heavy atom. The highest BCUT2D eigenvalue weighted by Crippen LogP contribution is 2.24. The van der Waals surface area contributed by atoms with Crippen molar-refractivity contribution < 1.29 is 13.9 Å². The summed E-state index contributed by atoms with van der Waals surface area (Å²) in [6, 6.07) is 13.0. The van der Waals surface area contributed by atoms with Gasteiger partial charge in [0.15, 0.2) is 18.1 Å². The number of amides is 1. The van der Waals surface area contributed by atoms with Crippen LogP contribution in [0.5, 0.6) is 5.75 Å². The molecule has 0 atom stereocenters. The highest BCUT2D eigenvalue weighted by atomic mass is 16.5. The second-order valence-corrected chi connectivity index (χ2v) is 5.04. The average Bonchev–Trinajstić information content (AvgIpc) is 2.88. The number of para-hydroxylation sites is 1. The number of aryl methyl sites for hydroxylation is 2. The summed E-state index contributed by atoms with van der Waals surface area (Å²) < 4.78 is 11.0. The predicted molar refractivity (Wildman–Crippen MR) is 84.0 cm³/mol. The summed E-state index contributed by atoms with van der Waals surface area (Å²) in [5.74, 6) is 0.976. The second kappa shape index (κ2) is 5.89. The molecule has 5 nitrogen and oxygen atoms in total. The number of anilines is 1. The third-order valence-electron chi connectivity index (χ3n) is 3.19. The molecule has 0 saturated heterocycles. The molecule has 0 aliphatic rings. The molecule has 3 aromatic rings. The van der Waals surface area contributed by atoms with Gasteiger partial charge in [0.25, 0.3) is 5.91 Å². The first-order valence-corrected chi connectivity index (χ1v) is 6.97. The quantitative estimate of drug-likeness (QED) is 0.800. The van der Waals surface area contributed by atoms with Crippen molar-refractivity contribution in [3.8, 4) is 5.75 Å². The molecular weight excluding hydrogens is 280 g/mol. The predicted octanol–water partition coefficient (Wildman–Crippen LogP) is 3.46. The Bertz CT molecular complexity index is 806. The van der Waals surface area contributed by atoms with Gasteiger partial charge in [-0.25, -0.2) is 4.98 Å². The van der Waals surface area contributed by atoms with Gasteiger partial charge in [-0.3, -0.25) is 4.79 Å². The molecule has 0 bridgehead atoms. The van der Waals surface area contributed by atoms with Crippen LogP contribution in [-0.2, 0) is 4.79 Å². The van der Waals surface area contributed by atoms with Gasteiger partial charge in [-0.05, 0) is 31.2 Å². The summed E-state index contributed by atoms with van der Waals surface area (Å²) in [5, 5.41) is 2.78. The van der Waals surface area contributed by atoms with E-state index in [2.05, 4.69) is 10.3 Å². The van der Waals surface area contributed by atoms with Gasteiger partial charge in [0.05, 0.1) is 5.69 Å². The lowest BCUT2D eigenvalue weighted by molar-refractivity contribution is -0.118. The first kappa shape index (κ1) is 14.1. The number of nitrogens with zero attached hydrogens (tertiary/aromatic N) is 1. The number of nitrogens with one attached hydrogen (secondary N) is 1. The molecule has 22 heavy (non-hydrogen) atoms. The number of benzene rings is 2. The van der Waals surface area contributed by atoms with Gasteiger partial charge in [0.2, 0.25) is 0 Å². The standard InChI is InChI=1S/C17H16N2O3/c1-11-6-8-13(9-7-11)21-10-16(20)19-15-5-3-4-14-17(15)22-12(2)18-14/h3-9H,10H2,1-2H3,(H,19,20). The Balaban J connectivity index is 1.67. The van der Waals surface area contributed by atoms with E-state index in [4.69, 9.17) is 9.15 Å². The highest BCUT2D eigenvalue weighted by Gasteiger charge is 2.10. The molecule has 1 N–H and O–H groups in total. The maximum atomic E-state index is 12.0. The van der Waals surface area contributed by atoms with Crippen molar-refractivity contribution >= 4 is 22.7 Å². The van der Waals surface area contributed by atoms with E-state index in [1.807, 2.05) is 43.3 Å². The van der Waals surface area contributed by atoms with Gasteiger partial charge in [-0.15, -0.1) is 0 Å². The molecule has 1 aromatic heterocycles. The molecule has 0 fully saturated rings. The minimum atomic E-state index is -0.248. The summed E-state index contributed by atoms with van der Waals surface area (Å²) in [6.07, 6.45) is 0. The molecule has 5 heteroatoms. The number of ether oxygens (including phenoxy) is 1. The van der Waals surface area contributed by atoms with Gasteiger partial charge in [-0.2, -0.15) is 0 Å². The maximum absolute atomic E-state index is 12.0. The Hall–Kier alpha value is -2.82. The van der Waals surface area contributed by atoms with E-state index in [0.717, 1.165) is 11.1 Å². The fourth-order valence-corrected chi connectivity index (χ4v) is 2.13. The summed E-state index contributed by atoms with van der Waals surface area (Å²) >= 11 is 0. The van der Waals surface area contributed by atoms with Gasteiger partial charge in [0, 0.05) is 6.92 Å². The summed E-state index contributed by atoms with van der Waals surface area (Å²) in [6.45, 7) is 3.70. The molecule has 0 spiro atoms. The van der Waals surface area contributed by atoms with Crippen LogP contribution in [0, 0.1) is 13.8 Å². The third kappa shape index (κ3) is 3.09. The van der Waals surface area contributed by atoms with Gasteiger partial charge < -0.3 is 14.5 Å². The highest BCUT2D eigenvalue weighted by molar-refractivity contribution is 5.99. The van der Waals surface area contributed by atoms with Crippen molar-refractivity contribution in [2.75, 3.05) is 11.9 Å². The van der Waals surface area contributed by atoms with Crippen LogP contribution < -0.4 is 10.1 Å². The normalized spacial score (nSPS) is 10.6. The number of fused-ring (bicyclic) bond motifs is 1. The zero-order valence-corrected chi connectivity index (χ0v) is 12.4. The van der Waals surface area contributed by atoms with Crippen LogP contribution in [0.1, 0.15) is 11.5 Å². The van der Waals surface area contributed by atoms with E-state index in [-0.39, 0.29) is 12.5 Å². The minimum Gasteiger partial charge on any atom is -0.484 e. The number of carbonyl (C=O) groups is 1. The Morgan fingerprint density at radius 3 is 2.73 bits per heavy atom. The van der Waals surface area contributed by atoms with E-state index in [0.29, 0.717) is 22.9 Å². The fourth-order valence-electron chi connectivity index (χ4n) is 2.13. The first-order chi connectivity index (χ1) is 10.6.